The molecule has 0 saturated carbocycles. The van der Waals surface area contributed by atoms with E-state index in [4.69, 9.17) is 4.74 Å². The van der Waals surface area contributed by atoms with Crippen LogP contribution in [0.5, 0.6) is 0 Å². The van der Waals surface area contributed by atoms with Gasteiger partial charge in [0.25, 0.3) is 0 Å². The Morgan fingerprint density at radius 1 is 1.16 bits per heavy atom. The van der Waals surface area contributed by atoms with E-state index in [0.717, 1.165) is 51.0 Å². The molecule has 0 bridgehead atoms. The third kappa shape index (κ3) is 4.22. The zero-order valence-electron chi connectivity index (χ0n) is 17.4. The normalized spacial score (nSPS) is 20.0. The third-order valence-corrected chi connectivity index (χ3v) is 5.84. The van der Waals surface area contributed by atoms with E-state index in [2.05, 4.69) is 35.5 Å². The summed E-state index contributed by atoms with van der Waals surface area (Å²) < 4.78 is 46.7. The number of H-pyrrole nitrogens is 1. The molecule has 0 amide bonds. The van der Waals surface area contributed by atoms with Crippen LogP contribution >= 0.6 is 0 Å². The Hall–Kier alpha value is -2.92. The first-order valence-corrected chi connectivity index (χ1v) is 10.7. The minimum atomic E-state index is -4.58. The molecule has 2 aliphatic heterocycles. The highest BCUT2D eigenvalue weighted by Gasteiger charge is 2.36. The number of aromatic nitrogens is 4. The van der Waals surface area contributed by atoms with Gasteiger partial charge in [0.15, 0.2) is 0 Å². The number of piperidine rings is 1. The van der Waals surface area contributed by atoms with Crippen molar-refractivity contribution in [3.05, 3.63) is 30.1 Å². The molecule has 0 spiro atoms. The number of hydrogen-bond donors (Lipinski definition) is 3. The number of rotatable bonds is 4. The van der Waals surface area contributed by atoms with Crippen LogP contribution in [0.25, 0.3) is 22.3 Å². The summed E-state index contributed by atoms with van der Waals surface area (Å²) in [4.78, 5) is 18.0. The third-order valence-electron chi connectivity index (χ3n) is 5.84. The SMILES string of the molecule is FC(F)(F)c1cnc(N[C@H]2CCCNC2)nc1-c1c[nH]c2nc(N3CCOCC3)ccc12. The average Bonchev–Trinajstić information content (AvgIpc) is 3.23. The number of hydrogen-bond acceptors (Lipinski definition) is 7. The van der Waals surface area contributed by atoms with E-state index in [0.29, 0.717) is 29.8 Å². The average molecular weight is 447 g/mol. The van der Waals surface area contributed by atoms with Gasteiger partial charge in [0.2, 0.25) is 5.95 Å². The second-order valence-corrected chi connectivity index (χ2v) is 8.01. The van der Waals surface area contributed by atoms with Gasteiger partial charge in [0.05, 0.1) is 18.9 Å². The number of morpholine rings is 1. The Labute approximate surface area is 182 Å². The standard InChI is InChI=1S/C21H24F3N7O/c22-21(23,24)16-12-27-20(28-13-2-1-5-25-10-13)30-18(16)15-11-26-19-14(15)3-4-17(29-19)31-6-8-32-9-7-31/h3-4,11-13,25H,1-2,5-10H2,(H,26,29)(H,27,28,30)/t13-/m0/s1. The van der Waals surface area contributed by atoms with Gasteiger partial charge in [-0.05, 0) is 31.5 Å². The Balaban J connectivity index is 1.52. The van der Waals surface area contributed by atoms with Gasteiger partial charge in [0.1, 0.15) is 17.0 Å². The number of ether oxygens (including phenoxy) is 1. The first-order chi connectivity index (χ1) is 15.5. The summed E-state index contributed by atoms with van der Waals surface area (Å²) in [5.41, 5.74) is -0.170. The van der Waals surface area contributed by atoms with Gasteiger partial charge in [-0.2, -0.15) is 13.2 Å². The minimum Gasteiger partial charge on any atom is -0.378 e. The number of alkyl halides is 3. The molecule has 3 aromatic rings. The molecule has 0 aromatic carbocycles. The number of anilines is 2. The summed E-state index contributed by atoms with van der Waals surface area (Å²) in [6.45, 7) is 4.35. The highest BCUT2D eigenvalue weighted by atomic mass is 19.4. The highest BCUT2D eigenvalue weighted by Crippen LogP contribution is 2.38. The number of fused-ring (bicyclic) bond motifs is 1. The number of nitrogens with zero attached hydrogens (tertiary/aromatic N) is 4. The van der Waals surface area contributed by atoms with Crippen LogP contribution in [0.2, 0.25) is 0 Å². The number of nitrogens with one attached hydrogen (secondary N) is 3. The second-order valence-electron chi connectivity index (χ2n) is 8.01. The molecular formula is C21H24F3N7O. The van der Waals surface area contributed by atoms with Crippen molar-refractivity contribution in [3.8, 4) is 11.3 Å². The first-order valence-electron chi connectivity index (χ1n) is 10.7. The molecule has 3 N–H and O–H groups in total. The molecule has 11 heteroatoms. The predicted molar refractivity (Wildman–Crippen MR) is 115 cm³/mol. The molecule has 0 radical (unpaired) electrons. The largest absolute Gasteiger partial charge is 0.419 e. The molecule has 2 saturated heterocycles. The summed E-state index contributed by atoms with van der Waals surface area (Å²) in [7, 11) is 0. The van der Waals surface area contributed by atoms with Gasteiger partial charge in [-0.1, -0.05) is 0 Å². The Morgan fingerprint density at radius 3 is 2.75 bits per heavy atom. The van der Waals surface area contributed by atoms with E-state index >= 15 is 0 Å². The predicted octanol–water partition coefficient (Wildman–Crippen LogP) is 3.04. The van der Waals surface area contributed by atoms with Gasteiger partial charge >= 0.3 is 6.18 Å². The molecule has 3 aromatic heterocycles. The lowest BCUT2D eigenvalue weighted by atomic mass is 10.1. The molecule has 32 heavy (non-hydrogen) atoms. The van der Waals surface area contributed by atoms with E-state index in [-0.39, 0.29) is 17.7 Å². The van der Waals surface area contributed by atoms with Crippen LogP contribution in [0.4, 0.5) is 24.9 Å². The van der Waals surface area contributed by atoms with Crippen LogP contribution in [0, 0.1) is 0 Å². The van der Waals surface area contributed by atoms with E-state index in [9.17, 15) is 13.2 Å². The van der Waals surface area contributed by atoms with Crippen LogP contribution in [0.3, 0.4) is 0 Å². The van der Waals surface area contributed by atoms with Gasteiger partial charge in [-0.3, -0.25) is 0 Å². The van der Waals surface area contributed by atoms with Crippen molar-refractivity contribution in [2.45, 2.75) is 25.1 Å². The molecule has 170 valence electrons. The van der Waals surface area contributed by atoms with Crippen LogP contribution in [0.15, 0.2) is 24.5 Å². The monoisotopic (exact) mass is 447 g/mol. The quantitative estimate of drug-likeness (QED) is 0.566. The van der Waals surface area contributed by atoms with Crippen molar-refractivity contribution in [2.75, 3.05) is 49.6 Å². The lowest BCUT2D eigenvalue weighted by molar-refractivity contribution is -0.137. The van der Waals surface area contributed by atoms with Crippen LogP contribution in [-0.4, -0.2) is 65.4 Å². The zero-order chi connectivity index (χ0) is 22.1. The van der Waals surface area contributed by atoms with Gasteiger partial charge in [0, 0.05) is 49.0 Å². The molecule has 8 nitrogen and oxygen atoms in total. The smallest absolute Gasteiger partial charge is 0.378 e. The highest BCUT2D eigenvalue weighted by molar-refractivity contribution is 5.94. The minimum absolute atomic E-state index is 0.0778. The lowest BCUT2D eigenvalue weighted by Gasteiger charge is -2.27. The molecule has 5 rings (SSSR count). The van der Waals surface area contributed by atoms with Crippen LogP contribution in [0.1, 0.15) is 18.4 Å². The Morgan fingerprint density at radius 2 is 2.00 bits per heavy atom. The van der Waals surface area contributed by atoms with E-state index in [1.165, 1.54) is 6.20 Å². The zero-order valence-corrected chi connectivity index (χ0v) is 17.4. The summed E-state index contributed by atoms with van der Waals surface area (Å²) in [5.74, 6) is 0.953. The molecule has 2 aliphatic rings. The molecular weight excluding hydrogens is 423 g/mol. The Bertz CT molecular complexity index is 1090. The van der Waals surface area contributed by atoms with E-state index < -0.39 is 11.7 Å². The van der Waals surface area contributed by atoms with Crippen molar-refractivity contribution in [2.24, 2.45) is 0 Å². The summed E-state index contributed by atoms with van der Waals surface area (Å²) in [6.07, 6.45) is -0.288. The number of pyridine rings is 1. The fourth-order valence-corrected chi connectivity index (χ4v) is 4.18. The fourth-order valence-electron chi connectivity index (χ4n) is 4.18. The molecule has 0 aliphatic carbocycles. The number of aromatic amines is 1. The fraction of sp³-hybridized carbons (Fsp3) is 0.476. The second kappa shape index (κ2) is 8.55. The summed E-state index contributed by atoms with van der Waals surface area (Å²) in [5, 5.41) is 7.01. The van der Waals surface area contributed by atoms with Crippen molar-refractivity contribution in [3.63, 3.8) is 0 Å². The van der Waals surface area contributed by atoms with Gasteiger partial charge in [-0.25, -0.2) is 15.0 Å². The molecule has 5 heterocycles. The molecule has 1 atom stereocenters. The maximum absolute atomic E-state index is 13.8. The van der Waals surface area contributed by atoms with E-state index in [1.54, 1.807) is 6.07 Å². The van der Waals surface area contributed by atoms with Crippen molar-refractivity contribution in [1.82, 2.24) is 25.3 Å². The van der Waals surface area contributed by atoms with Crippen molar-refractivity contribution >= 4 is 22.8 Å². The van der Waals surface area contributed by atoms with Gasteiger partial charge < -0.3 is 25.3 Å². The summed E-state index contributed by atoms with van der Waals surface area (Å²) >= 11 is 0. The topological polar surface area (TPSA) is 91.0 Å². The Kier molecular flexibility index (Phi) is 5.60. The van der Waals surface area contributed by atoms with Crippen LogP contribution in [-0.2, 0) is 10.9 Å². The van der Waals surface area contributed by atoms with E-state index in [1.807, 2.05) is 6.07 Å². The maximum Gasteiger partial charge on any atom is 0.419 e. The summed E-state index contributed by atoms with van der Waals surface area (Å²) in [6, 6.07) is 3.69. The molecule has 2 fully saturated rings. The van der Waals surface area contributed by atoms with Gasteiger partial charge in [-0.15, -0.1) is 0 Å². The molecule has 0 unspecified atom stereocenters. The van der Waals surface area contributed by atoms with Crippen molar-refractivity contribution in [1.29, 1.82) is 0 Å². The number of halogens is 3. The van der Waals surface area contributed by atoms with Crippen molar-refractivity contribution < 1.29 is 17.9 Å². The van der Waals surface area contributed by atoms with Crippen LogP contribution < -0.4 is 15.5 Å². The lowest BCUT2D eigenvalue weighted by Crippen LogP contribution is -2.38. The first kappa shape index (κ1) is 21.0. The maximum atomic E-state index is 13.8.